The average molecular weight is 263 g/mol. The highest BCUT2D eigenvalue weighted by molar-refractivity contribution is 5.95. The van der Waals surface area contributed by atoms with E-state index in [0.717, 1.165) is 30.8 Å². The summed E-state index contributed by atoms with van der Waals surface area (Å²) in [5.41, 5.74) is 1.66. The van der Waals surface area contributed by atoms with Crippen molar-refractivity contribution in [3.8, 4) is 0 Å². The molecule has 1 aromatic heterocycles. The van der Waals surface area contributed by atoms with Crippen LogP contribution in [0.1, 0.15) is 36.4 Å². The molecule has 0 radical (unpaired) electrons. The first-order valence-electron chi connectivity index (χ1n) is 6.75. The Kier molecular flexibility index (Phi) is 4.43. The van der Waals surface area contributed by atoms with Crippen molar-refractivity contribution in [3.63, 3.8) is 0 Å². The van der Waals surface area contributed by atoms with Gasteiger partial charge in [0.2, 0.25) is 0 Å². The Morgan fingerprint density at radius 2 is 2.37 bits per heavy atom. The number of carbonyl (C=O) groups excluding carboxylic acids is 1. The van der Waals surface area contributed by atoms with Crippen LogP contribution in [-0.4, -0.2) is 25.2 Å². The minimum absolute atomic E-state index is 0.0651. The molecule has 0 bridgehead atoms. The van der Waals surface area contributed by atoms with E-state index in [9.17, 15) is 4.79 Å². The van der Waals surface area contributed by atoms with Crippen LogP contribution in [-0.2, 0) is 11.2 Å². The number of hydrogen-bond donors (Lipinski definition) is 1. The Hall–Kier alpha value is -1.55. The quantitative estimate of drug-likeness (QED) is 0.831. The third-order valence-corrected chi connectivity index (χ3v) is 3.54. The van der Waals surface area contributed by atoms with Crippen molar-refractivity contribution >= 4 is 5.91 Å². The average Bonchev–Trinajstić information content (AvgIpc) is 3.04. The summed E-state index contributed by atoms with van der Waals surface area (Å²) in [6.45, 7) is 9.23. The van der Waals surface area contributed by atoms with Gasteiger partial charge in [-0.25, -0.2) is 0 Å². The second-order valence-electron chi connectivity index (χ2n) is 5.01. The molecule has 2 heterocycles. The van der Waals surface area contributed by atoms with Gasteiger partial charge < -0.3 is 14.5 Å². The fourth-order valence-corrected chi connectivity index (χ4v) is 2.52. The second-order valence-corrected chi connectivity index (χ2v) is 5.01. The Balaban J connectivity index is 1.92. The molecule has 1 aromatic rings. The zero-order valence-electron chi connectivity index (χ0n) is 11.6. The number of rotatable bonds is 5. The van der Waals surface area contributed by atoms with Crippen molar-refractivity contribution in [2.75, 3.05) is 13.2 Å². The van der Waals surface area contributed by atoms with Crippen molar-refractivity contribution in [2.24, 2.45) is 5.92 Å². The number of carbonyl (C=O) groups is 1. The lowest BCUT2D eigenvalue weighted by atomic mass is 9.97. The fraction of sp³-hybridized carbons (Fsp3) is 0.533. The van der Waals surface area contributed by atoms with Gasteiger partial charge in [0.05, 0.1) is 17.9 Å². The number of amides is 1. The highest BCUT2D eigenvalue weighted by atomic mass is 16.5. The highest BCUT2D eigenvalue weighted by Gasteiger charge is 2.29. The van der Waals surface area contributed by atoms with Crippen LogP contribution < -0.4 is 5.32 Å². The van der Waals surface area contributed by atoms with Crippen LogP contribution in [0, 0.1) is 5.92 Å². The summed E-state index contributed by atoms with van der Waals surface area (Å²) in [5.74, 6) is 0.980. The van der Waals surface area contributed by atoms with Gasteiger partial charge in [0.1, 0.15) is 5.76 Å². The van der Waals surface area contributed by atoms with E-state index in [4.69, 9.17) is 9.15 Å². The van der Waals surface area contributed by atoms with E-state index in [2.05, 4.69) is 11.9 Å². The topological polar surface area (TPSA) is 51.5 Å². The van der Waals surface area contributed by atoms with Crippen LogP contribution >= 0.6 is 0 Å². The summed E-state index contributed by atoms with van der Waals surface area (Å²) in [6.07, 6.45) is 3.30. The monoisotopic (exact) mass is 263 g/mol. The van der Waals surface area contributed by atoms with Crippen LogP contribution in [0.4, 0.5) is 0 Å². The lowest BCUT2D eigenvalue weighted by molar-refractivity contribution is 0.0924. The first-order chi connectivity index (χ1) is 9.13. The van der Waals surface area contributed by atoms with Gasteiger partial charge in [-0.15, -0.1) is 0 Å². The van der Waals surface area contributed by atoms with Crippen LogP contribution in [0.25, 0.3) is 0 Å². The molecule has 1 aliphatic rings. The standard InChI is InChI=1S/C15H21NO3/c1-4-13-12(6-8-18-13)15(17)16-9-11-5-7-19-14(11)10(2)3/h6,8,11,14H,2,4-5,7,9H2,1,3H3,(H,16,17). The smallest absolute Gasteiger partial charge is 0.254 e. The third kappa shape index (κ3) is 3.07. The third-order valence-electron chi connectivity index (χ3n) is 3.54. The predicted molar refractivity (Wildman–Crippen MR) is 73.1 cm³/mol. The molecule has 1 saturated heterocycles. The van der Waals surface area contributed by atoms with E-state index in [1.165, 1.54) is 0 Å². The van der Waals surface area contributed by atoms with E-state index in [1.807, 2.05) is 13.8 Å². The minimum Gasteiger partial charge on any atom is -0.469 e. The summed E-state index contributed by atoms with van der Waals surface area (Å²) in [4.78, 5) is 12.1. The molecule has 0 aromatic carbocycles. The lowest BCUT2D eigenvalue weighted by Gasteiger charge is -2.18. The zero-order chi connectivity index (χ0) is 13.8. The maximum atomic E-state index is 12.1. The second kappa shape index (κ2) is 6.06. The first kappa shape index (κ1) is 13.9. The molecular weight excluding hydrogens is 242 g/mol. The number of hydrogen-bond acceptors (Lipinski definition) is 3. The van der Waals surface area contributed by atoms with Crippen LogP contribution in [0.2, 0.25) is 0 Å². The molecule has 0 spiro atoms. The SMILES string of the molecule is C=C(C)C1OCCC1CNC(=O)c1ccoc1CC. The van der Waals surface area contributed by atoms with E-state index >= 15 is 0 Å². The zero-order valence-corrected chi connectivity index (χ0v) is 11.6. The van der Waals surface area contributed by atoms with E-state index in [-0.39, 0.29) is 12.0 Å². The van der Waals surface area contributed by atoms with E-state index in [1.54, 1.807) is 12.3 Å². The number of aryl methyl sites for hydroxylation is 1. The van der Waals surface area contributed by atoms with Gasteiger partial charge in [-0.2, -0.15) is 0 Å². The Bertz CT molecular complexity index is 464. The van der Waals surface area contributed by atoms with Crippen molar-refractivity contribution in [1.29, 1.82) is 0 Å². The summed E-state index contributed by atoms with van der Waals surface area (Å²) in [6, 6.07) is 1.72. The molecule has 0 saturated carbocycles. The number of furan rings is 1. The van der Waals surface area contributed by atoms with E-state index in [0.29, 0.717) is 18.0 Å². The van der Waals surface area contributed by atoms with Gasteiger partial charge in [-0.05, 0) is 19.4 Å². The molecule has 2 atom stereocenters. The van der Waals surface area contributed by atoms with Gasteiger partial charge >= 0.3 is 0 Å². The fourth-order valence-electron chi connectivity index (χ4n) is 2.52. The Labute approximate surface area is 113 Å². The highest BCUT2D eigenvalue weighted by Crippen LogP contribution is 2.25. The maximum absolute atomic E-state index is 12.1. The molecule has 0 aliphatic carbocycles. The summed E-state index contributed by atoms with van der Waals surface area (Å²) in [7, 11) is 0. The Morgan fingerprint density at radius 3 is 3.05 bits per heavy atom. The molecule has 4 heteroatoms. The molecule has 1 aliphatic heterocycles. The summed E-state index contributed by atoms with van der Waals surface area (Å²) >= 11 is 0. The summed E-state index contributed by atoms with van der Waals surface area (Å²) in [5, 5.41) is 2.97. The summed E-state index contributed by atoms with van der Waals surface area (Å²) < 4.78 is 10.9. The largest absolute Gasteiger partial charge is 0.469 e. The minimum atomic E-state index is -0.0713. The van der Waals surface area contributed by atoms with Crippen LogP contribution in [0.5, 0.6) is 0 Å². The molecule has 4 nitrogen and oxygen atoms in total. The molecule has 1 N–H and O–H groups in total. The number of ether oxygens (including phenoxy) is 1. The van der Waals surface area contributed by atoms with Gasteiger partial charge in [-0.3, -0.25) is 4.79 Å². The van der Waals surface area contributed by atoms with Crippen molar-refractivity contribution in [3.05, 3.63) is 35.8 Å². The molecule has 19 heavy (non-hydrogen) atoms. The van der Waals surface area contributed by atoms with Gasteiger partial charge in [0.25, 0.3) is 5.91 Å². The van der Waals surface area contributed by atoms with E-state index < -0.39 is 0 Å². The van der Waals surface area contributed by atoms with Gasteiger partial charge in [0, 0.05) is 25.5 Å². The molecule has 2 rings (SSSR count). The normalized spacial score (nSPS) is 22.4. The molecule has 104 valence electrons. The maximum Gasteiger partial charge on any atom is 0.254 e. The number of nitrogens with one attached hydrogen (secondary N) is 1. The van der Waals surface area contributed by atoms with Gasteiger partial charge in [-0.1, -0.05) is 19.1 Å². The van der Waals surface area contributed by atoms with Crippen LogP contribution in [0.15, 0.2) is 28.9 Å². The lowest BCUT2D eigenvalue weighted by Crippen LogP contribution is -2.33. The molecule has 2 unspecified atom stereocenters. The Morgan fingerprint density at radius 1 is 1.58 bits per heavy atom. The molecular formula is C15H21NO3. The van der Waals surface area contributed by atoms with Crippen molar-refractivity contribution in [1.82, 2.24) is 5.32 Å². The van der Waals surface area contributed by atoms with Gasteiger partial charge in [0.15, 0.2) is 0 Å². The predicted octanol–water partition coefficient (Wildman–Crippen LogP) is 2.55. The van der Waals surface area contributed by atoms with Crippen molar-refractivity contribution in [2.45, 2.75) is 32.8 Å². The molecule has 1 amide bonds. The molecule has 1 fully saturated rings. The first-order valence-corrected chi connectivity index (χ1v) is 6.75. The van der Waals surface area contributed by atoms with Crippen LogP contribution in [0.3, 0.4) is 0 Å². The van der Waals surface area contributed by atoms with Crippen molar-refractivity contribution < 1.29 is 13.9 Å².